The zero-order chi connectivity index (χ0) is 13.8. The van der Waals surface area contributed by atoms with Crippen LogP contribution < -0.4 is 10.5 Å². The second-order valence-electron chi connectivity index (χ2n) is 4.38. The summed E-state index contributed by atoms with van der Waals surface area (Å²) in [5, 5.41) is 0. The first-order chi connectivity index (χ1) is 9.11. The van der Waals surface area contributed by atoms with E-state index in [0.717, 1.165) is 10.5 Å². The number of ether oxygens (including phenoxy) is 1. The van der Waals surface area contributed by atoms with Gasteiger partial charge in [0.2, 0.25) is 0 Å². The first kappa shape index (κ1) is 13.7. The molecule has 0 aromatic heterocycles. The summed E-state index contributed by atoms with van der Waals surface area (Å²) >= 11 is 0. The summed E-state index contributed by atoms with van der Waals surface area (Å²) < 4.78 is 30.4. The molecule has 1 aliphatic rings. The zero-order valence-corrected chi connectivity index (χ0v) is 10.4. The molecule has 0 aliphatic carbocycles. The van der Waals surface area contributed by atoms with E-state index in [9.17, 15) is 13.6 Å². The van der Waals surface area contributed by atoms with E-state index in [1.807, 2.05) is 18.2 Å². The summed E-state index contributed by atoms with van der Waals surface area (Å²) in [5.41, 5.74) is 6.27. The lowest BCUT2D eigenvalue weighted by Gasteiger charge is -2.24. The van der Waals surface area contributed by atoms with Gasteiger partial charge in [0.1, 0.15) is 5.75 Å². The van der Waals surface area contributed by atoms with Crippen molar-refractivity contribution in [2.24, 2.45) is 5.73 Å². The van der Waals surface area contributed by atoms with Crippen molar-refractivity contribution in [2.45, 2.75) is 19.0 Å². The van der Waals surface area contributed by atoms with Crippen molar-refractivity contribution in [3.05, 3.63) is 29.8 Å². The summed E-state index contributed by atoms with van der Waals surface area (Å²) in [5.74, 6) is 0.215. The van der Waals surface area contributed by atoms with Crippen LogP contribution in [0.25, 0.3) is 0 Å². The maximum atomic E-state index is 12.4. The summed E-state index contributed by atoms with van der Waals surface area (Å²) in [6.07, 6.45) is -2.87. The highest BCUT2D eigenvalue weighted by atomic mass is 19.3. The molecule has 4 nitrogen and oxygen atoms in total. The molecule has 1 aromatic rings. The largest absolute Gasteiger partial charge is 0.480 e. The second-order valence-corrected chi connectivity index (χ2v) is 4.38. The molecule has 1 heterocycles. The molecule has 19 heavy (non-hydrogen) atoms. The number of benzene rings is 1. The fourth-order valence-electron chi connectivity index (χ4n) is 2.14. The molecule has 1 unspecified atom stereocenters. The molecule has 0 saturated carbocycles. The van der Waals surface area contributed by atoms with E-state index in [1.165, 1.54) is 0 Å². The first-order valence-corrected chi connectivity index (χ1v) is 6.13. The molecular formula is C13H16F2N2O2. The van der Waals surface area contributed by atoms with Crippen LogP contribution in [0.5, 0.6) is 5.75 Å². The van der Waals surface area contributed by atoms with Crippen molar-refractivity contribution >= 4 is 5.91 Å². The Balaban J connectivity index is 2.04. The van der Waals surface area contributed by atoms with E-state index < -0.39 is 25.0 Å². The van der Waals surface area contributed by atoms with Crippen LogP contribution in [0.1, 0.15) is 5.56 Å². The Morgan fingerprint density at radius 2 is 2.21 bits per heavy atom. The predicted molar refractivity (Wildman–Crippen MR) is 66.2 cm³/mol. The van der Waals surface area contributed by atoms with Crippen LogP contribution in [0, 0.1) is 0 Å². The van der Waals surface area contributed by atoms with Crippen LogP contribution in [-0.2, 0) is 11.2 Å². The van der Waals surface area contributed by atoms with Gasteiger partial charge in [0, 0.05) is 19.5 Å². The SMILES string of the molecule is NCCN(CC(F)F)C(=O)C1Cc2ccccc2O1. The quantitative estimate of drug-likeness (QED) is 0.870. The Labute approximate surface area is 110 Å². The topological polar surface area (TPSA) is 55.6 Å². The smallest absolute Gasteiger partial charge is 0.264 e. The van der Waals surface area contributed by atoms with Crippen LogP contribution in [0.3, 0.4) is 0 Å². The number of hydrogen-bond acceptors (Lipinski definition) is 3. The van der Waals surface area contributed by atoms with E-state index in [1.54, 1.807) is 6.07 Å². The Morgan fingerprint density at radius 1 is 1.47 bits per heavy atom. The number of nitrogens with two attached hydrogens (primary N) is 1. The first-order valence-electron chi connectivity index (χ1n) is 6.13. The minimum Gasteiger partial charge on any atom is -0.480 e. The van der Waals surface area contributed by atoms with Crippen molar-refractivity contribution in [1.29, 1.82) is 0 Å². The molecule has 1 aliphatic heterocycles. The number of alkyl halides is 2. The third kappa shape index (κ3) is 3.20. The summed E-state index contributed by atoms with van der Waals surface area (Å²) in [4.78, 5) is 13.2. The van der Waals surface area contributed by atoms with E-state index in [2.05, 4.69) is 0 Å². The summed E-state index contributed by atoms with van der Waals surface area (Å²) in [6.45, 7) is -0.344. The molecule has 1 atom stereocenters. The number of amides is 1. The Hall–Kier alpha value is -1.69. The van der Waals surface area contributed by atoms with Gasteiger partial charge in [0.05, 0.1) is 6.54 Å². The van der Waals surface area contributed by atoms with Gasteiger partial charge in [-0.15, -0.1) is 0 Å². The average Bonchev–Trinajstić information content (AvgIpc) is 2.80. The minimum atomic E-state index is -2.57. The maximum Gasteiger partial charge on any atom is 0.264 e. The highest BCUT2D eigenvalue weighted by Crippen LogP contribution is 2.28. The highest BCUT2D eigenvalue weighted by Gasteiger charge is 2.32. The number of carbonyl (C=O) groups excluding carboxylic acids is 1. The number of halogens is 2. The minimum absolute atomic E-state index is 0.110. The average molecular weight is 270 g/mol. The van der Waals surface area contributed by atoms with Gasteiger partial charge in [-0.1, -0.05) is 18.2 Å². The lowest BCUT2D eigenvalue weighted by atomic mass is 10.1. The van der Waals surface area contributed by atoms with E-state index in [4.69, 9.17) is 10.5 Å². The number of carbonyl (C=O) groups is 1. The molecule has 1 amide bonds. The molecule has 0 fully saturated rings. The number of hydrogen-bond donors (Lipinski definition) is 1. The van der Waals surface area contributed by atoms with Gasteiger partial charge in [-0.05, 0) is 11.6 Å². The van der Waals surface area contributed by atoms with Gasteiger partial charge < -0.3 is 15.4 Å². The third-order valence-electron chi connectivity index (χ3n) is 2.99. The van der Waals surface area contributed by atoms with Crippen LogP contribution in [0.15, 0.2) is 24.3 Å². The summed E-state index contributed by atoms with van der Waals surface area (Å²) in [6, 6.07) is 7.29. The normalized spacial score (nSPS) is 17.2. The van der Waals surface area contributed by atoms with Crippen molar-refractivity contribution in [1.82, 2.24) is 4.90 Å². The zero-order valence-electron chi connectivity index (χ0n) is 10.4. The molecule has 1 aromatic carbocycles. The van der Waals surface area contributed by atoms with E-state index in [0.29, 0.717) is 12.2 Å². The fourth-order valence-corrected chi connectivity index (χ4v) is 2.14. The molecule has 0 radical (unpaired) electrons. The van der Waals surface area contributed by atoms with Gasteiger partial charge in [0.15, 0.2) is 6.10 Å². The number of fused-ring (bicyclic) bond motifs is 1. The van der Waals surface area contributed by atoms with E-state index in [-0.39, 0.29) is 13.1 Å². The number of para-hydroxylation sites is 1. The lowest BCUT2D eigenvalue weighted by Crippen LogP contribution is -2.45. The Bertz CT molecular complexity index is 429. The predicted octanol–water partition coefficient (Wildman–Crippen LogP) is 1.04. The second kappa shape index (κ2) is 5.97. The van der Waals surface area contributed by atoms with Crippen LogP contribution in [0.4, 0.5) is 8.78 Å². The molecule has 2 N–H and O–H groups in total. The highest BCUT2D eigenvalue weighted by molar-refractivity contribution is 5.82. The fraction of sp³-hybridized carbons (Fsp3) is 0.462. The van der Waals surface area contributed by atoms with Gasteiger partial charge >= 0.3 is 0 Å². The molecule has 6 heteroatoms. The molecule has 0 saturated heterocycles. The molecular weight excluding hydrogens is 254 g/mol. The van der Waals surface area contributed by atoms with Gasteiger partial charge in [-0.25, -0.2) is 8.78 Å². The van der Waals surface area contributed by atoms with Crippen molar-refractivity contribution in [3.63, 3.8) is 0 Å². The van der Waals surface area contributed by atoms with E-state index >= 15 is 0 Å². The van der Waals surface area contributed by atoms with Crippen molar-refractivity contribution < 1.29 is 18.3 Å². The number of rotatable bonds is 5. The Morgan fingerprint density at radius 3 is 2.84 bits per heavy atom. The number of nitrogens with zero attached hydrogens (tertiary/aromatic N) is 1. The molecule has 0 spiro atoms. The van der Waals surface area contributed by atoms with Gasteiger partial charge in [-0.2, -0.15) is 0 Å². The Kier molecular flexibility index (Phi) is 4.31. The maximum absolute atomic E-state index is 12.4. The molecule has 104 valence electrons. The van der Waals surface area contributed by atoms with Gasteiger partial charge in [-0.3, -0.25) is 4.79 Å². The van der Waals surface area contributed by atoms with Crippen molar-refractivity contribution in [2.75, 3.05) is 19.6 Å². The lowest BCUT2D eigenvalue weighted by molar-refractivity contribution is -0.139. The summed E-state index contributed by atoms with van der Waals surface area (Å²) in [7, 11) is 0. The molecule has 2 rings (SSSR count). The standard InChI is InChI=1S/C13H16F2N2O2/c14-12(15)8-17(6-5-16)13(18)11-7-9-3-1-2-4-10(9)19-11/h1-4,11-12H,5-8,16H2. The molecule has 0 bridgehead atoms. The third-order valence-corrected chi connectivity index (χ3v) is 2.99. The van der Waals surface area contributed by atoms with Crippen LogP contribution >= 0.6 is 0 Å². The van der Waals surface area contributed by atoms with Crippen LogP contribution in [-0.4, -0.2) is 43.0 Å². The van der Waals surface area contributed by atoms with Crippen molar-refractivity contribution in [3.8, 4) is 5.75 Å². The van der Waals surface area contributed by atoms with Gasteiger partial charge in [0.25, 0.3) is 12.3 Å². The van der Waals surface area contributed by atoms with Crippen LogP contribution in [0.2, 0.25) is 0 Å². The monoisotopic (exact) mass is 270 g/mol.